The minimum absolute atomic E-state index is 0.0422. The fraction of sp³-hybridized carbons (Fsp3) is 0.588. The quantitative estimate of drug-likeness (QED) is 0.812. The number of nitrogens with two attached hydrogens (primary N) is 1. The van der Waals surface area contributed by atoms with Gasteiger partial charge in [0, 0.05) is 18.5 Å². The van der Waals surface area contributed by atoms with E-state index in [1.165, 1.54) is 6.07 Å². The molecule has 0 heterocycles. The highest BCUT2D eigenvalue weighted by Gasteiger charge is 2.34. The Morgan fingerprint density at radius 2 is 1.81 bits per heavy atom. The molecule has 0 bridgehead atoms. The highest BCUT2D eigenvalue weighted by Crippen LogP contribution is 2.28. The Morgan fingerprint density at radius 1 is 1.24 bits per heavy atom. The molecule has 3 N–H and O–H groups in total. The van der Waals surface area contributed by atoms with Crippen LogP contribution in [0.2, 0.25) is 0 Å². The maximum atomic E-state index is 13.9. The van der Waals surface area contributed by atoms with Crippen LogP contribution >= 0.6 is 0 Å². The Hall–Kier alpha value is -1.42. The van der Waals surface area contributed by atoms with Gasteiger partial charge in [0.1, 0.15) is 5.82 Å². The molecule has 0 saturated carbocycles. The van der Waals surface area contributed by atoms with Crippen molar-refractivity contribution in [2.24, 2.45) is 11.1 Å². The highest BCUT2D eigenvalue weighted by atomic mass is 19.1. The lowest BCUT2D eigenvalue weighted by Gasteiger charge is -2.32. The maximum Gasteiger partial charge on any atom is 0.227 e. The number of amides is 1. The van der Waals surface area contributed by atoms with Gasteiger partial charge in [-0.05, 0) is 24.5 Å². The zero-order valence-corrected chi connectivity index (χ0v) is 13.5. The fourth-order valence-corrected chi connectivity index (χ4v) is 2.55. The van der Waals surface area contributed by atoms with Crippen molar-refractivity contribution < 1.29 is 9.18 Å². The Kier molecular flexibility index (Phi) is 5.90. The van der Waals surface area contributed by atoms with Crippen molar-refractivity contribution in [3.63, 3.8) is 0 Å². The Labute approximate surface area is 127 Å². The van der Waals surface area contributed by atoms with Crippen molar-refractivity contribution in [2.45, 2.75) is 46.0 Å². The van der Waals surface area contributed by atoms with Crippen LogP contribution in [0.25, 0.3) is 0 Å². The number of hydrogen-bond donors (Lipinski definition) is 2. The molecule has 1 aromatic rings. The van der Waals surface area contributed by atoms with Crippen molar-refractivity contribution in [3.8, 4) is 0 Å². The van der Waals surface area contributed by atoms with E-state index < -0.39 is 10.8 Å². The number of halogens is 1. The van der Waals surface area contributed by atoms with E-state index in [0.717, 1.165) is 0 Å². The van der Waals surface area contributed by atoms with Crippen LogP contribution in [-0.4, -0.2) is 19.0 Å². The highest BCUT2D eigenvalue weighted by molar-refractivity contribution is 5.82. The zero-order chi connectivity index (χ0) is 16.1. The summed E-state index contributed by atoms with van der Waals surface area (Å²) in [5, 5.41) is 2.96. The van der Waals surface area contributed by atoms with Crippen LogP contribution in [-0.2, 0) is 10.2 Å². The molecule has 1 aromatic carbocycles. The lowest BCUT2D eigenvalue weighted by atomic mass is 9.80. The number of nitrogens with one attached hydrogen (secondary N) is 1. The SMILES string of the molecule is CCC(CC)(CN)C(=O)NCC(C)(C)c1ccccc1F. The van der Waals surface area contributed by atoms with Gasteiger partial charge in [0.05, 0.1) is 5.41 Å². The normalized spacial score (nSPS) is 12.3. The number of carbonyl (C=O) groups excluding carboxylic acids is 1. The van der Waals surface area contributed by atoms with Crippen LogP contribution in [0.3, 0.4) is 0 Å². The molecule has 0 aromatic heterocycles. The molecule has 0 spiro atoms. The van der Waals surface area contributed by atoms with E-state index in [1.54, 1.807) is 12.1 Å². The molecule has 0 saturated heterocycles. The fourth-order valence-electron chi connectivity index (χ4n) is 2.55. The van der Waals surface area contributed by atoms with E-state index in [9.17, 15) is 9.18 Å². The molecule has 0 aliphatic carbocycles. The third kappa shape index (κ3) is 3.82. The van der Waals surface area contributed by atoms with Gasteiger partial charge in [-0.25, -0.2) is 4.39 Å². The maximum absolute atomic E-state index is 13.9. The van der Waals surface area contributed by atoms with Crippen LogP contribution in [0, 0.1) is 11.2 Å². The van der Waals surface area contributed by atoms with E-state index in [2.05, 4.69) is 5.32 Å². The predicted octanol–water partition coefficient (Wildman–Crippen LogP) is 2.98. The molecule has 118 valence electrons. The number of carbonyl (C=O) groups is 1. The van der Waals surface area contributed by atoms with Gasteiger partial charge in [-0.3, -0.25) is 4.79 Å². The third-order valence-electron chi connectivity index (χ3n) is 4.52. The molecule has 4 heteroatoms. The molecule has 0 aliphatic rings. The van der Waals surface area contributed by atoms with Crippen molar-refractivity contribution in [3.05, 3.63) is 35.6 Å². The summed E-state index contributed by atoms with van der Waals surface area (Å²) < 4.78 is 13.9. The van der Waals surface area contributed by atoms with Crippen LogP contribution in [0.4, 0.5) is 4.39 Å². The first-order valence-electron chi connectivity index (χ1n) is 7.56. The first-order valence-corrected chi connectivity index (χ1v) is 7.56. The summed E-state index contributed by atoms with van der Waals surface area (Å²) in [6.07, 6.45) is 1.40. The van der Waals surface area contributed by atoms with Crippen molar-refractivity contribution >= 4 is 5.91 Å². The molecule has 0 atom stereocenters. The summed E-state index contributed by atoms with van der Waals surface area (Å²) in [4.78, 5) is 12.4. The number of benzene rings is 1. The third-order valence-corrected chi connectivity index (χ3v) is 4.52. The molecular weight excluding hydrogens is 267 g/mol. The molecule has 1 rings (SSSR count). The lowest BCUT2D eigenvalue weighted by molar-refractivity contribution is -0.131. The molecule has 0 aliphatic heterocycles. The van der Waals surface area contributed by atoms with Crippen LogP contribution in [0.1, 0.15) is 46.1 Å². The van der Waals surface area contributed by atoms with Gasteiger partial charge in [-0.2, -0.15) is 0 Å². The first-order chi connectivity index (χ1) is 9.83. The Bertz CT molecular complexity index is 473. The smallest absolute Gasteiger partial charge is 0.227 e. The van der Waals surface area contributed by atoms with Gasteiger partial charge in [-0.1, -0.05) is 45.9 Å². The van der Waals surface area contributed by atoms with Crippen LogP contribution in [0.5, 0.6) is 0 Å². The summed E-state index contributed by atoms with van der Waals surface area (Å²) in [5.41, 5.74) is 5.40. The van der Waals surface area contributed by atoms with E-state index in [0.29, 0.717) is 31.5 Å². The lowest BCUT2D eigenvalue weighted by Crippen LogP contribution is -2.48. The molecule has 3 nitrogen and oxygen atoms in total. The second-order valence-corrected chi connectivity index (χ2v) is 6.24. The number of rotatable bonds is 7. The van der Waals surface area contributed by atoms with Crippen molar-refractivity contribution in [1.29, 1.82) is 0 Å². The Balaban J connectivity index is 2.82. The first kappa shape index (κ1) is 17.6. The summed E-state index contributed by atoms with van der Waals surface area (Å²) >= 11 is 0. The summed E-state index contributed by atoms with van der Waals surface area (Å²) in [5.74, 6) is -0.285. The molecule has 1 amide bonds. The van der Waals surface area contributed by atoms with Crippen LogP contribution in [0.15, 0.2) is 24.3 Å². The van der Waals surface area contributed by atoms with Gasteiger partial charge in [0.25, 0.3) is 0 Å². The second kappa shape index (κ2) is 7.03. The van der Waals surface area contributed by atoms with Crippen molar-refractivity contribution in [2.75, 3.05) is 13.1 Å². The topological polar surface area (TPSA) is 55.1 Å². The minimum atomic E-state index is -0.523. The molecule has 21 heavy (non-hydrogen) atoms. The second-order valence-electron chi connectivity index (χ2n) is 6.24. The summed E-state index contributed by atoms with van der Waals surface area (Å²) in [7, 11) is 0. The molecular formula is C17H27FN2O. The minimum Gasteiger partial charge on any atom is -0.355 e. The summed E-state index contributed by atoms with van der Waals surface area (Å²) in [6.45, 7) is 8.50. The summed E-state index contributed by atoms with van der Waals surface area (Å²) in [6, 6.07) is 6.68. The monoisotopic (exact) mass is 294 g/mol. The molecule has 0 radical (unpaired) electrons. The average molecular weight is 294 g/mol. The van der Waals surface area contributed by atoms with Gasteiger partial charge < -0.3 is 11.1 Å². The van der Waals surface area contributed by atoms with E-state index >= 15 is 0 Å². The van der Waals surface area contributed by atoms with E-state index in [-0.39, 0.29) is 11.7 Å². The Morgan fingerprint density at radius 3 is 2.29 bits per heavy atom. The van der Waals surface area contributed by atoms with Crippen LogP contribution < -0.4 is 11.1 Å². The number of hydrogen-bond acceptors (Lipinski definition) is 2. The average Bonchev–Trinajstić information content (AvgIpc) is 2.48. The van der Waals surface area contributed by atoms with E-state index in [4.69, 9.17) is 5.73 Å². The van der Waals surface area contributed by atoms with Gasteiger partial charge in [-0.15, -0.1) is 0 Å². The standard InChI is InChI=1S/C17H27FN2O/c1-5-17(6-2,11-19)15(21)20-12-16(3,4)13-9-7-8-10-14(13)18/h7-10H,5-6,11-12,19H2,1-4H3,(H,20,21). The van der Waals surface area contributed by atoms with Crippen molar-refractivity contribution in [1.82, 2.24) is 5.32 Å². The molecule has 0 unspecified atom stereocenters. The van der Waals surface area contributed by atoms with Gasteiger partial charge in [0.2, 0.25) is 5.91 Å². The zero-order valence-electron chi connectivity index (χ0n) is 13.5. The largest absolute Gasteiger partial charge is 0.355 e. The van der Waals surface area contributed by atoms with Gasteiger partial charge in [0.15, 0.2) is 0 Å². The molecule has 0 fully saturated rings. The van der Waals surface area contributed by atoms with Gasteiger partial charge >= 0.3 is 0 Å². The van der Waals surface area contributed by atoms with E-state index in [1.807, 2.05) is 33.8 Å². The predicted molar refractivity (Wildman–Crippen MR) is 84.5 cm³/mol.